The van der Waals surface area contributed by atoms with Crippen molar-refractivity contribution >= 4 is 24.8 Å². The van der Waals surface area contributed by atoms with Crippen LogP contribution in [0.4, 0.5) is 11.5 Å². The second kappa shape index (κ2) is 10.5. The fourth-order valence-corrected chi connectivity index (χ4v) is 6.13. The lowest BCUT2D eigenvalue weighted by molar-refractivity contribution is -0.384. The molecule has 0 bridgehead atoms. The number of anilines is 1. The van der Waals surface area contributed by atoms with Crippen molar-refractivity contribution in [2.75, 3.05) is 12.3 Å². The number of nitrogen functional groups attached to an aromatic ring is 1. The van der Waals surface area contributed by atoms with Crippen molar-refractivity contribution in [2.45, 2.75) is 55.7 Å². The zero-order valence-electron chi connectivity index (χ0n) is 20.4. The highest BCUT2D eigenvalue weighted by Gasteiger charge is 2.57. The second-order valence-corrected chi connectivity index (χ2v) is 10.8. The summed E-state index contributed by atoms with van der Waals surface area (Å²) >= 11 is 0. The van der Waals surface area contributed by atoms with Gasteiger partial charge in [0.25, 0.3) is 5.69 Å². The van der Waals surface area contributed by atoms with Gasteiger partial charge in [-0.05, 0) is 37.1 Å². The first-order valence-electron chi connectivity index (χ1n) is 12.0. The molecule has 206 valence electrons. The number of nitro benzene ring substituents is 1. The molecule has 16 heteroatoms. The normalized spacial score (nSPS) is 26.8. The van der Waals surface area contributed by atoms with Gasteiger partial charge in [0.2, 0.25) is 5.60 Å². The van der Waals surface area contributed by atoms with E-state index in [1.165, 1.54) is 23.0 Å². The van der Waals surface area contributed by atoms with E-state index in [0.29, 0.717) is 18.4 Å². The fraction of sp³-hybridized carbons (Fsp3) is 0.435. The van der Waals surface area contributed by atoms with Crippen molar-refractivity contribution in [3.05, 3.63) is 58.5 Å². The number of nitrogens with zero attached hydrogens (tertiary/aromatic N) is 5. The molecule has 0 radical (unpaired) electrons. The number of phosphoric acid groups is 1. The van der Waals surface area contributed by atoms with Gasteiger partial charge in [0.15, 0.2) is 5.82 Å². The van der Waals surface area contributed by atoms with Gasteiger partial charge in [-0.25, -0.2) is 14.1 Å². The number of aliphatic hydroxyl groups is 2. The van der Waals surface area contributed by atoms with E-state index in [0.717, 1.165) is 25.0 Å². The Bertz CT molecular complexity index is 1450. The van der Waals surface area contributed by atoms with Crippen molar-refractivity contribution in [3.8, 4) is 11.8 Å². The number of ether oxygens (including phenoxy) is 1. The Morgan fingerprint density at radius 2 is 1.97 bits per heavy atom. The summed E-state index contributed by atoms with van der Waals surface area (Å²) in [5.41, 5.74) is 4.21. The maximum atomic E-state index is 13.7. The van der Waals surface area contributed by atoms with Crippen LogP contribution in [0, 0.1) is 21.4 Å². The number of non-ortho nitro benzene ring substituents is 1. The minimum atomic E-state index is -4.45. The standard InChI is InChI=1S/C23H25N6O9P/c24-11-23(21(31)19(30)20(36-23)17-9-10-18-22(25)26-13-27-28(17)18)12-35-39(34,37-15-3-1-2-4-15)38-16-7-5-14(6-8-16)29(32)33/h5-10,13,15,19-21,30-31H,1-4,12H2,(H2,25,26,27)/t19-,20-,21-,23+,39?/m0/s1. The van der Waals surface area contributed by atoms with Crippen LogP contribution in [0.25, 0.3) is 5.52 Å². The van der Waals surface area contributed by atoms with E-state index in [2.05, 4.69) is 10.1 Å². The lowest BCUT2D eigenvalue weighted by atomic mass is 9.96. The number of hydrogen-bond donors (Lipinski definition) is 3. The number of fused-ring (bicyclic) bond motifs is 1. The predicted molar refractivity (Wildman–Crippen MR) is 132 cm³/mol. The number of aromatic nitrogens is 3. The molecule has 3 heterocycles. The van der Waals surface area contributed by atoms with Crippen LogP contribution < -0.4 is 10.3 Å². The van der Waals surface area contributed by atoms with Gasteiger partial charge >= 0.3 is 7.82 Å². The Labute approximate surface area is 221 Å². The molecule has 1 saturated heterocycles. The van der Waals surface area contributed by atoms with Crippen molar-refractivity contribution in [1.29, 1.82) is 5.26 Å². The zero-order valence-corrected chi connectivity index (χ0v) is 21.3. The van der Waals surface area contributed by atoms with Crippen molar-refractivity contribution < 1.29 is 38.0 Å². The summed E-state index contributed by atoms with van der Waals surface area (Å²) in [6.45, 7) is -0.796. The summed E-state index contributed by atoms with van der Waals surface area (Å²) in [5.74, 6) is 0.142. The molecule has 1 saturated carbocycles. The highest BCUT2D eigenvalue weighted by molar-refractivity contribution is 7.49. The molecular formula is C23H25N6O9P. The first kappa shape index (κ1) is 26.9. The zero-order chi connectivity index (χ0) is 27.8. The Balaban J connectivity index is 1.39. The number of rotatable bonds is 9. The smallest absolute Gasteiger partial charge is 0.404 e. The molecule has 0 spiro atoms. The van der Waals surface area contributed by atoms with Gasteiger partial charge in [-0.2, -0.15) is 10.4 Å². The van der Waals surface area contributed by atoms with Crippen LogP contribution >= 0.6 is 7.82 Å². The molecule has 5 rings (SSSR count). The number of aliphatic hydroxyl groups excluding tert-OH is 2. The third kappa shape index (κ3) is 5.18. The highest BCUT2D eigenvalue weighted by Crippen LogP contribution is 2.54. The van der Waals surface area contributed by atoms with Crippen LogP contribution in [0.5, 0.6) is 5.75 Å². The van der Waals surface area contributed by atoms with Crippen molar-refractivity contribution in [1.82, 2.24) is 14.6 Å². The lowest BCUT2D eigenvalue weighted by Crippen LogP contribution is -2.45. The molecular weight excluding hydrogens is 535 g/mol. The number of phosphoric ester groups is 1. The molecule has 0 amide bonds. The van der Waals surface area contributed by atoms with Gasteiger partial charge in [0.1, 0.15) is 48.6 Å². The molecule has 1 aliphatic heterocycles. The van der Waals surface area contributed by atoms with Crippen LogP contribution in [0.15, 0.2) is 42.7 Å². The lowest BCUT2D eigenvalue weighted by Gasteiger charge is -2.27. The Morgan fingerprint density at radius 3 is 2.64 bits per heavy atom. The average Bonchev–Trinajstić information content (AvgIpc) is 3.64. The van der Waals surface area contributed by atoms with Crippen LogP contribution in [0.3, 0.4) is 0 Å². The molecule has 1 aliphatic carbocycles. The number of hydrogen-bond acceptors (Lipinski definition) is 13. The SMILES string of the molecule is N#C[C@]1(COP(=O)(Oc2ccc([N+](=O)[O-])cc2)OC2CCCC2)O[C@@H](c2ccc3c(N)ncnn23)[C@H](O)[C@@H]1O. The van der Waals surface area contributed by atoms with Gasteiger partial charge in [0.05, 0.1) is 16.7 Å². The maximum absolute atomic E-state index is 13.7. The third-order valence-electron chi connectivity index (χ3n) is 6.72. The first-order chi connectivity index (χ1) is 18.6. The fourth-order valence-electron chi connectivity index (χ4n) is 4.66. The van der Waals surface area contributed by atoms with Crippen LogP contribution in [-0.2, 0) is 18.3 Å². The highest BCUT2D eigenvalue weighted by atomic mass is 31.2. The molecule has 1 aromatic carbocycles. The van der Waals surface area contributed by atoms with E-state index in [-0.39, 0.29) is 22.9 Å². The summed E-state index contributed by atoms with van der Waals surface area (Å²) in [5, 5.41) is 46.8. The molecule has 39 heavy (non-hydrogen) atoms. The Hall–Kier alpha value is -3.64. The van der Waals surface area contributed by atoms with Crippen molar-refractivity contribution in [2.24, 2.45) is 0 Å². The Morgan fingerprint density at radius 1 is 1.26 bits per heavy atom. The van der Waals surface area contributed by atoms with E-state index in [4.69, 9.17) is 24.0 Å². The summed E-state index contributed by atoms with van der Waals surface area (Å²) in [6, 6.07) is 9.77. The van der Waals surface area contributed by atoms with Gasteiger partial charge < -0.3 is 25.2 Å². The Kier molecular flexibility index (Phi) is 7.25. The van der Waals surface area contributed by atoms with Crippen molar-refractivity contribution in [3.63, 3.8) is 0 Å². The van der Waals surface area contributed by atoms with E-state index in [9.17, 15) is 30.2 Å². The number of benzene rings is 1. The second-order valence-electron chi connectivity index (χ2n) is 9.25. The number of nitriles is 1. The number of nitro groups is 1. The molecule has 1 unspecified atom stereocenters. The number of nitrogens with two attached hydrogens (primary N) is 1. The van der Waals surface area contributed by atoms with Crippen LogP contribution in [0.2, 0.25) is 0 Å². The maximum Gasteiger partial charge on any atom is 0.530 e. The summed E-state index contributed by atoms with van der Waals surface area (Å²) in [4.78, 5) is 14.3. The molecule has 2 fully saturated rings. The summed E-state index contributed by atoms with van der Waals surface area (Å²) in [6.07, 6.45) is -0.943. The molecule has 2 aliphatic rings. The minimum absolute atomic E-state index is 0.0318. The van der Waals surface area contributed by atoms with E-state index in [1.54, 1.807) is 12.1 Å². The van der Waals surface area contributed by atoms with Gasteiger partial charge in [-0.15, -0.1) is 0 Å². The summed E-state index contributed by atoms with van der Waals surface area (Å²) in [7, 11) is -4.45. The molecule has 4 N–H and O–H groups in total. The monoisotopic (exact) mass is 560 g/mol. The van der Waals surface area contributed by atoms with Gasteiger partial charge in [-0.1, -0.05) is 12.8 Å². The molecule has 3 aromatic rings. The third-order valence-corrected chi connectivity index (χ3v) is 8.16. The van der Waals surface area contributed by atoms with Gasteiger partial charge in [0, 0.05) is 12.1 Å². The largest absolute Gasteiger partial charge is 0.530 e. The predicted octanol–water partition coefficient (Wildman–Crippen LogP) is 2.44. The van der Waals surface area contributed by atoms with Crippen LogP contribution in [0.1, 0.15) is 37.5 Å². The molecule has 15 nitrogen and oxygen atoms in total. The minimum Gasteiger partial charge on any atom is -0.404 e. The van der Waals surface area contributed by atoms with E-state index in [1.807, 2.05) is 6.07 Å². The van der Waals surface area contributed by atoms with Crippen LogP contribution in [-0.4, -0.2) is 60.3 Å². The topological polar surface area (TPSA) is 218 Å². The van der Waals surface area contributed by atoms with E-state index >= 15 is 0 Å². The average molecular weight is 560 g/mol. The van der Waals surface area contributed by atoms with E-state index < -0.39 is 49.4 Å². The van der Waals surface area contributed by atoms with Gasteiger partial charge in [-0.3, -0.25) is 19.2 Å². The molecule has 2 aromatic heterocycles. The first-order valence-corrected chi connectivity index (χ1v) is 13.5. The molecule has 5 atom stereocenters. The summed E-state index contributed by atoms with van der Waals surface area (Å²) < 4.78 is 37.7. The quantitative estimate of drug-likeness (QED) is 0.195.